The number of fused-ring (bicyclic) bond motifs is 1. The monoisotopic (exact) mass is 331 g/mol. The van der Waals surface area contributed by atoms with Gasteiger partial charge in [-0.3, -0.25) is 4.79 Å². The number of furan rings is 1. The Morgan fingerprint density at radius 2 is 1.80 bits per heavy atom. The maximum atomic E-state index is 12.1. The number of carbonyl (C=O) groups excluding carboxylic acids is 1. The summed E-state index contributed by atoms with van der Waals surface area (Å²) in [5, 5.41) is 3.56. The summed E-state index contributed by atoms with van der Waals surface area (Å²) < 4.78 is 10.6. The van der Waals surface area contributed by atoms with Gasteiger partial charge in [-0.25, -0.2) is 4.98 Å². The van der Waals surface area contributed by atoms with Crippen molar-refractivity contribution in [3.63, 3.8) is 0 Å². The average molecular weight is 331 g/mol. The van der Waals surface area contributed by atoms with E-state index in [0.717, 1.165) is 5.39 Å². The second-order valence-electron chi connectivity index (χ2n) is 5.27. The van der Waals surface area contributed by atoms with Crippen molar-refractivity contribution in [3.05, 3.63) is 78.8 Å². The molecule has 0 fully saturated rings. The normalized spacial score (nSPS) is 10.6. The Balaban J connectivity index is 1.59. The molecule has 1 N–H and O–H groups in total. The number of aromatic nitrogens is 2. The smallest absolute Gasteiger partial charge is 0.260 e. The summed E-state index contributed by atoms with van der Waals surface area (Å²) in [5.74, 6) is 1.24. The largest absolute Gasteiger partial charge is 0.472 e. The summed E-state index contributed by atoms with van der Waals surface area (Å²) in [5.41, 5.74) is 0.912. The zero-order chi connectivity index (χ0) is 17.1. The number of rotatable bonds is 4. The highest BCUT2D eigenvalue weighted by Gasteiger charge is 2.09. The summed E-state index contributed by atoms with van der Waals surface area (Å²) in [7, 11) is 0. The van der Waals surface area contributed by atoms with Crippen LogP contribution in [0.25, 0.3) is 11.0 Å². The Bertz CT molecular complexity index is 1010. The van der Waals surface area contributed by atoms with Crippen molar-refractivity contribution in [1.82, 2.24) is 9.97 Å². The van der Waals surface area contributed by atoms with Crippen LogP contribution in [0.2, 0.25) is 0 Å². The van der Waals surface area contributed by atoms with E-state index in [0.29, 0.717) is 28.7 Å². The van der Waals surface area contributed by atoms with Crippen LogP contribution >= 0.6 is 0 Å². The zero-order valence-corrected chi connectivity index (χ0v) is 13.0. The van der Waals surface area contributed by atoms with Crippen molar-refractivity contribution in [2.45, 2.75) is 0 Å². The molecule has 25 heavy (non-hydrogen) atoms. The van der Waals surface area contributed by atoms with Gasteiger partial charge >= 0.3 is 0 Å². The quantitative estimate of drug-likeness (QED) is 0.604. The number of hydrogen-bond acceptors (Lipinski definition) is 5. The molecule has 4 rings (SSSR count). The Morgan fingerprint density at radius 3 is 2.60 bits per heavy atom. The molecule has 3 aromatic heterocycles. The Labute approximate surface area is 143 Å². The van der Waals surface area contributed by atoms with Gasteiger partial charge in [0.2, 0.25) is 5.88 Å². The van der Waals surface area contributed by atoms with E-state index in [4.69, 9.17) is 9.15 Å². The minimum absolute atomic E-state index is 0.294. The van der Waals surface area contributed by atoms with Crippen LogP contribution in [0.3, 0.4) is 0 Å². The number of hydrogen-bond donors (Lipinski definition) is 1. The number of nitrogens with zero attached hydrogens (tertiary/aromatic N) is 2. The molecule has 0 spiro atoms. The molecule has 0 aliphatic rings. The van der Waals surface area contributed by atoms with E-state index in [1.54, 1.807) is 18.2 Å². The van der Waals surface area contributed by atoms with Crippen molar-refractivity contribution >= 4 is 22.8 Å². The Kier molecular flexibility index (Phi) is 3.84. The van der Waals surface area contributed by atoms with Gasteiger partial charge in [0.05, 0.1) is 11.8 Å². The lowest BCUT2D eigenvalue weighted by Gasteiger charge is -2.07. The lowest BCUT2D eigenvalue weighted by Crippen LogP contribution is -2.12. The van der Waals surface area contributed by atoms with Crippen LogP contribution < -0.4 is 10.1 Å². The summed E-state index contributed by atoms with van der Waals surface area (Å²) in [6.07, 6.45) is 2.82. The molecule has 1 aromatic carbocycles. The van der Waals surface area contributed by atoms with Crippen LogP contribution in [0, 0.1) is 0 Å². The molecule has 6 heteroatoms. The van der Waals surface area contributed by atoms with Gasteiger partial charge in [0.15, 0.2) is 5.65 Å². The van der Waals surface area contributed by atoms with Crippen LogP contribution in [0.1, 0.15) is 10.4 Å². The third-order valence-corrected chi connectivity index (χ3v) is 3.52. The molecule has 0 bridgehead atoms. The maximum Gasteiger partial charge on any atom is 0.260 e. The second kappa shape index (κ2) is 6.45. The number of benzene rings is 1. The number of ether oxygens (including phenoxy) is 1. The molecule has 0 unspecified atom stereocenters. The number of anilines is 1. The van der Waals surface area contributed by atoms with E-state index in [1.165, 1.54) is 12.5 Å². The summed E-state index contributed by atoms with van der Waals surface area (Å²) >= 11 is 0. The first-order valence-corrected chi connectivity index (χ1v) is 7.62. The first-order chi connectivity index (χ1) is 12.3. The van der Waals surface area contributed by atoms with Gasteiger partial charge in [0.1, 0.15) is 17.8 Å². The molecule has 4 aromatic rings. The predicted octanol–water partition coefficient (Wildman–Crippen LogP) is 4.27. The summed E-state index contributed by atoms with van der Waals surface area (Å²) in [6.45, 7) is 0. The molecule has 0 saturated heterocycles. The van der Waals surface area contributed by atoms with Gasteiger partial charge in [0.25, 0.3) is 5.91 Å². The predicted molar refractivity (Wildman–Crippen MR) is 92.7 cm³/mol. The van der Waals surface area contributed by atoms with Gasteiger partial charge in [0, 0.05) is 11.5 Å². The highest BCUT2D eigenvalue weighted by Crippen LogP contribution is 2.22. The van der Waals surface area contributed by atoms with Crippen LogP contribution in [0.15, 0.2) is 77.6 Å². The second-order valence-corrected chi connectivity index (χ2v) is 5.27. The lowest BCUT2D eigenvalue weighted by atomic mass is 10.3. The van der Waals surface area contributed by atoms with Gasteiger partial charge in [-0.1, -0.05) is 18.2 Å². The molecule has 6 nitrogen and oxygen atoms in total. The fourth-order valence-corrected chi connectivity index (χ4v) is 2.30. The first kappa shape index (κ1) is 14.9. The SMILES string of the molecule is O=C(Nc1ccc2ccc(Oc3ccccc3)nc2n1)c1ccoc1. The molecular weight excluding hydrogens is 318 g/mol. The van der Waals surface area contributed by atoms with Crippen molar-refractivity contribution in [3.8, 4) is 11.6 Å². The standard InChI is InChI=1S/C19H13N3O3/c23-19(14-10-11-24-12-14)21-16-8-6-13-7-9-17(22-18(13)20-16)25-15-4-2-1-3-5-15/h1-12H,(H,20,21,22,23). The van der Waals surface area contributed by atoms with Gasteiger partial charge in [-0.15, -0.1) is 0 Å². The van der Waals surface area contributed by atoms with Crippen LogP contribution in [0.5, 0.6) is 11.6 Å². The highest BCUT2D eigenvalue weighted by molar-refractivity contribution is 6.03. The molecule has 0 saturated carbocycles. The molecule has 0 aliphatic heterocycles. The third kappa shape index (κ3) is 3.32. The molecule has 3 heterocycles. The highest BCUT2D eigenvalue weighted by atomic mass is 16.5. The summed E-state index contributed by atoms with van der Waals surface area (Å²) in [4.78, 5) is 20.8. The van der Waals surface area contributed by atoms with E-state index in [2.05, 4.69) is 15.3 Å². The molecule has 0 aliphatic carbocycles. The maximum absolute atomic E-state index is 12.1. The molecule has 122 valence electrons. The van der Waals surface area contributed by atoms with Gasteiger partial charge < -0.3 is 14.5 Å². The molecular formula is C19H13N3O3. The van der Waals surface area contributed by atoms with Crippen LogP contribution in [-0.4, -0.2) is 15.9 Å². The van der Waals surface area contributed by atoms with E-state index >= 15 is 0 Å². The minimum Gasteiger partial charge on any atom is -0.472 e. The van der Waals surface area contributed by atoms with E-state index in [-0.39, 0.29) is 5.91 Å². The summed E-state index contributed by atoms with van der Waals surface area (Å²) in [6, 6.07) is 18.2. The fourth-order valence-electron chi connectivity index (χ4n) is 2.30. The van der Waals surface area contributed by atoms with Gasteiger partial charge in [-0.2, -0.15) is 4.98 Å². The molecule has 0 radical (unpaired) electrons. The van der Waals surface area contributed by atoms with Crippen LogP contribution in [-0.2, 0) is 0 Å². The van der Waals surface area contributed by atoms with Crippen molar-refractivity contribution in [2.24, 2.45) is 0 Å². The van der Waals surface area contributed by atoms with Crippen molar-refractivity contribution < 1.29 is 13.9 Å². The zero-order valence-electron chi connectivity index (χ0n) is 13.0. The Hall–Kier alpha value is -3.67. The number of para-hydroxylation sites is 1. The van der Waals surface area contributed by atoms with E-state index in [9.17, 15) is 4.79 Å². The lowest BCUT2D eigenvalue weighted by molar-refractivity contribution is 0.102. The number of carbonyl (C=O) groups is 1. The fraction of sp³-hybridized carbons (Fsp3) is 0. The van der Waals surface area contributed by atoms with E-state index < -0.39 is 0 Å². The van der Waals surface area contributed by atoms with E-state index in [1.807, 2.05) is 42.5 Å². The van der Waals surface area contributed by atoms with Crippen molar-refractivity contribution in [2.75, 3.05) is 5.32 Å². The first-order valence-electron chi connectivity index (χ1n) is 7.62. The number of amides is 1. The minimum atomic E-state index is -0.294. The number of nitrogens with one attached hydrogen (secondary N) is 1. The van der Waals surface area contributed by atoms with Crippen LogP contribution in [0.4, 0.5) is 5.82 Å². The third-order valence-electron chi connectivity index (χ3n) is 3.52. The molecule has 1 amide bonds. The topological polar surface area (TPSA) is 77.2 Å². The van der Waals surface area contributed by atoms with Gasteiger partial charge in [-0.05, 0) is 36.4 Å². The number of pyridine rings is 2. The van der Waals surface area contributed by atoms with Crippen molar-refractivity contribution in [1.29, 1.82) is 0 Å². The molecule has 0 atom stereocenters. The average Bonchev–Trinajstić information content (AvgIpc) is 3.17. The Morgan fingerprint density at radius 1 is 0.960 bits per heavy atom.